The van der Waals surface area contributed by atoms with Crippen LogP contribution < -0.4 is 9.47 Å². The lowest BCUT2D eigenvalue weighted by molar-refractivity contribution is -0.135. The maximum Gasteiger partial charge on any atom is 0.260 e. The largest absolute Gasteiger partial charge is 0.490 e. The summed E-state index contributed by atoms with van der Waals surface area (Å²) in [5.74, 6) is 1.72. The molecule has 0 atom stereocenters. The molecule has 0 saturated carbocycles. The lowest BCUT2D eigenvalue weighted by Gasteiger charge is -2.41. The van der Waals surface area contributed by atoms with Crippen molar-refractivity contribution in [2.24, 2.45) is 0 Å². The summed E-state index contributed by atoms with van der Waals surface area (Å²) in [4.78, 5) is 21.3. The molecule has 0 N–H and O–H groups in total. The van der Waals surface area contributed by atoms with Crippen molar-refractivity contribution in [2.45, 2.75) is 37.8 Å². The van der Waals surface area contributed by atoms with Crippen LogP contribution in [0.15, 0.2) is 67.0 Å². The zero-order chi connectivity index (χ0) is 22.5. The van der Waals surface area contributed by atoms with Crippen LogP contribution in [0.2, 0.25) is 0 Å². The number of likely N-dealkylation sites (tertiary alicyclic amines) is 2. The van der Waals surface area contributed by atoms with E-state index in [4.69, 9.17) is 9.47 Å². The second-order valence-electron chi connectivity index (χ2n) is 8.95. The van der Waals surface area contributed by atoms with Gasteiger partial charge < -0.3 is 14.4 Å². The Labute approximate surface area is 195 Å². The number of hydrogen-bond acceptors (Lipinski definition) is 5. The van der Waals surface area contributed by atoms with Crippen LogP contribution in [0.1, 0.15) is 25.7 Å². The predicted octanol–water partition coefficient (Wildman–Crippen LogP) is 4.15. The van der Waals surface area contributed by atoms with Gasteiger partial charge in [0.15, 0.2) is 6.61 Å². The Morgan fingerprint density at radius 3 is 2.33 bits per heavy atom. The Bertz CT molecular complexity index is 1060. The third-order valence-corrected chi connectivity index (χ3v) is 6.85. The first-order valence-electron chi connectivity index (χ1n) is 11.9. The number of rotatable bonds is 6. The third kappa shape index (κ3) is 5.45. The van der Waals surface area contributed by atoms with Crippen LogP contribution in [0.5, 0.6) is 11.5 Å². The number of carbonyl (C=O) groups excluding carboxylic acids is 1. The molecule has 2 aliphatic heterocycles. The van der Waals surface area contributed by atoms with Gasteiger partial charge in [0, 0.05) is 44.6 Å². The predicted molar refractivity (Wildman–Crippen MR) is 129 cm³/mol. The molecule has 0 spiro atoms. The van der Waals surface area contributed by atoms with Crippen molar-refractivity contribution in [2.75, 3.05) is 32.8 Å². The number of carbonyl (C=O) groups is 1. The minimum atomic E-state index is 0.0751. The summed E-state index contributed by atoms with van der Waals surface area (Å²) >= 11 is 0. The average molecular weight is 446 g/mol. The van der Waals surface area contributed by atoms with Crippen molar-refractivity contribution >= 4 is 16.7 Å². The van der Waals surface area contributed by atoms with E-state index in [1.54, 1.807) is 12.4 Å². The molecule has 33 heavy (non-hydrogen) atoms. The van der Waals surface area contributed by atoms with E-state index in [2.05, 4.69) is 22.0 Å². The number of hydrogen-bond donors (Lipinski definition) is 0. The van der Waals surface area contributed by atoms with E-state index in [-0.39, 0.29) is 18.6 Å². The lowest BCUT2D eigenvalue weighted by atomic mass is 9.99. The first-order valence-corrected chi connectivity index (χ1v) is 11.9. The lowest BCUT2D eigenvalue weighted by Crippen LogP contribution is -2.50. The van der Waals surface area contributed by atoms with Crippen molar-refractivity contribution in [3.8, 4) is 11.5 Å². The molecular formula is C27H31N3O3. The fourth-order valence-electron chi connectivity index (χ4n) is 4.94. The van der Waals surface area contributed by atoms with Gasteiger partial charge in [-0.05, 0) is 60.7 Å². The second kappa shape index (κ2) is 10.2. The van der Waals surface area contributed by atoms with Crippen molar-refractivity contribution in [3.63, 3.8) is 0 Å². The molecule has 1 aromatic heterocycles. The smallest absolute Gasteiger partial charge is 0.260 e. The van der Waals surface area contributed by atoms with Crippen LogP contribution in [-0.2, 0) is 4.79 Å². The molecule has 6 nitrogen and oxygen atoms in total. The highest BCUT2D eigenvalue weighted by Gasteiger charge is 2.30. The molecular weight excluding hydrogens is 414 g/mol. The van der Waals surface area contributed by atoms with Gasteiger partial charge in [0.05, 0.1) is 0 Å². The van der Waals surface area contributed by atoms with Gasteiger partial charge in [-0.1, -0.05) is 30.3 Å². The fourth-order valence-corrected chi connectivity index (χ4v) is 4.94. The van der Waals surface area contributed by atoms with E-state index >= 15 is 0 Å². The molecule has 5 rings (SSSR count). The Morgan fingerprint density at radius 2 is 1.58 bits per heavy atom. The molecule has 3 aromatic rings. The number of amides is 1. The molecule has 2 fully saturated rings. The van der Waals surface area contributed by atoms with E-state index in [0.717, 1.165) is 68.7 Å². The van der Waals surface area contributed by atoms with Crippen LogP contribution in [0.25, 0.3) is 10.8 Å². The number of aromatic nitrogens is 1. The second-order valence-corrected chi connectivity index (χ2v) is 8.95. The van der Waals surface area contributed by atoms with Gasteiger partial charge in [-0.15, -0.1) is 0 Å². The fraction of sp³-hybridized carbons (Fsp3) is 0.407. The van der Waals surface area contributed by atoms with Gasteiger partial charge in [-0.3, -0.25) is 14.7 Å². The van der Waals surface area contributed by atoms with Gasteiger partial charge in [0.25, 0.3) is 5.91 Å². The standard InChI is InChI=1S/C27H31N3O3/c31-27(20-32-26-6-5-21-3-1-2-4-22(21)19-26)30-15-9-23(10-16-30)29-17-11-25(12-18-29)33-24-7-13-28-14-8-24/h1-8,13-14,19,23,25H,9-12,15-18,20H2. The minimum absolute atomic E-state index is 0.0751. The highest BCUT2D eigenvalue weighted by molar-refractivity contribution is 5.84. The zero-order valence-electron chi connectivity index (χ0n) is 18.9. The molecule has 3 heterocycles. The van der Waals surface area contributed by atoms with Gasteiger partial charge in [0.1, 0.15) is 17.6 Å². The van der Waals surface area contributed by atoms with Crippen LogP contribution in [0.4, 0.5) is 0 Å². The highest BCUT2D eigenvalue weighted by atomic mass is 16.5. The maximum atomic E-state index is 12.7. The summed E-state index contributed by atoms with van der Waals surface area (Å²) in [5.41, 5.74) is 0. The molecule has 6 heteroatoms. The van der Waals surface area contributed by atoms with Gasteiger partial charge in [-0.25, -0.2) is 0 Å². The Kier molecular flexibility index (Phi) is 6.72. The van der Waals surface area contributed by atoms with Crippen molar-refractivity contribution < 1.29 is 14.3 Å². The number of pyridine rings is 1. The van der Waals surface area contributed by atoms with Crippen molar-refractivity contribution in [1.29, 1.82) is 0 Å². The topological polar surface area (TPSA) is 54.9 Å². The first-order chi connectivity index (χ1) is 16.2. The number of benzene rings is 2. The SMILES string of the molecule is O=C(COc1ccc2ccccc2c1)N1CCC(N2CCC(Oc3ccncc3)CC2)CC1. The number of piperidine rings is 2. The monoisotopic (exact) mass is 445 g/mol. The molecule has 2 aliphatic rings. The summed E-state index contributed by atoms with van der Waals surface area (Å²) in [6, 6.07) is 18.5. The highest BCUT2D eigenvalue weighted by Crippen LogP contribution is 2.24. The Hall–Kier alpha value is -3.12. The van der Waals surface area contributed by atoms with Crippen LogP contribution in [0, 0.1) is 0 Å². The maximum absolute atomic E-state index is 12.7. The summed E-state index contributed by atoms with van der Waals surface area (Å²) < 4.78 is 11.9. The quantitative estimate of drug-likeness (QED) is 0.571. The van der Waals surface area contributed by atoms with Crippen molar-refractivity contribution in [3.05, 3.63) is 67.0 Å². The number of nitrogens with zero attached hydrogens (tertiary/aromatic N) is 3. The molecule has 0 unspecified atom stereocenters. The molecule has 1 amide bonds. The zero-order valence-corrected chi connectivity index (χ0v) is 18.9. The molecule has 0 radical (unpaired) electrons. The summed E-state index contributed by atoms with van der Waals surface area (Å²) in [6.45, 7) is 3.82. The van der Waals surface area contributed by atoms with E-state index in [1.165, 1.54) is 5.39 Å². The first kappa shape index (κ1) is 21.7. The van der Waals surface area contributed by atoms with E-state index in [1.807, 2.05) is 47.4 Å². The van der Waals surface area contributed by atoms with E-state index in [0.29, 0.717) is 6.04 Å². The van der Waals surface area contributed by atoms with E-state index in [9.17, 15) is 4.79 Å². The average Bonchev–Trinajstić information content (AvgIpc) is 2.88. The normalized spacial score (nSPS) is 18.4. The summed E-state index contributed by atoms with van der Waals surface area (Å²) in [7, 11) is 0. The van der Waals surface area contributed by atoms with E-state index < -0.39 is 0 Å². The summed E-state index contributed by atoms with van der Waals surface area (Å²) in [5, 5.41) is 2.30. The summed E-state index contributed by atoms with van der Waals surface area (Å²) in [6.07, 6.45) is 7.95. The minimum Gasteiger partial charge on any atom is -0.490 e. The van der Waals surface area contributed by atoms with Gasteiger partial charge in [0.2, 0.25) is 0 Å². The third-order valence-electron chi connectivity index (χ3n) is 6.85. The number of ether oxygens (including phenoxy) is 2. The molecule has 172 valence electrons. The van der Waals surface area contributed by atoms with Crippen LogP contribution in [0.3, 0.4) is 0 Å². The molecule has 0 bridgehead atoms. The van der Waals surface area contributed by atoms with Crippen LogP contribution in [-0.4, -0.2) is 65.6 Å². The van der Waals surface area contributed by atoms with Gasteiger partial charge >= 0.3 is 0 Å². The van der Waals surface area contributed by atoms with Crippen LogP contribution >= 0.6 is 0 Å². The molecule has 2 aromatic carbocycles. The Balaban J connectivity index is 1.04. The van der Waals surface area contributed by atoms with Gasteiger partial charge in [-0.2, -0.15) is 0 Å². The number of fused-ring (bicyclic) bond motifs is 1. The molecule has 0 aliphatic carbocycles. The molecule has 2 saturated heterocycles. The van der Waals surface area contributed by atoms with Crippen molar-refractivity contribution in [1.82, 2.24) is 14.8 Å². The Morgan fingerprint density at radius 1 is 0.848 bits per heavy atom.